The minimum Gasteiger partial charge on any atom is -0.356 e. The molecule has 1 aliphatic rings. The number of sulfonamides is 1. The van der Waals surface area contributed by atoms with Crippen LogP contribution in [-0.4, -0.2) is 32.8 Å². The molecule has 7 nitrogen and oxygen atoms in total. The highest BCUT2D eigenvalue weighted by atomic mass is 32.2. The van der Waals surface area contributed by atoms with Crippen LogP contribution in [0.5, 0.6) is 0 Å². The topological polar surface area (TPSA) is 104 Å². The summed E-state index contributed by atoms with van der Waals surface area (Å²) in [6.07, 6.45) is 7.87. The smallest absolute Gasteiger partial charge is 0.240 e. The lowest BCUT2D eigenvalue weighted by molar-refractivity contribution is -0.121. The van der Waals surface area contributed by atoms with Crippen molar-refractivity contribution in [2.45, 2.75) is 70.2 Å². The average Bonchev–Trinajstić information content (AvgIpc) is 2.68. The van der Waals surface area contributed by atoms with Crippen molar-refractivity contribution in [3.63, 3.8) is 0 Å². The van der Waals surface area contributed by atoms with Gasteiger partial charge in [0.25, 0.3) is 0 Å². The summed E-state index contributed by atoms with van der Waals surface area (Å²) < 4.78 is 28.1. The zero-order valence-corrected chi connectivity index (χ0v) is 18.8. The maximum atomic E-state index is 12.7. The van der Waals surface area contributed by atoms with Crippen molar-refractivity contribution in [2.24, 2.45) is 5.92 Å². The zero-order chi connectivity index (χ0) is 22.1. The first kappa shape index (κ1) is 24.1. The third-order valence-electron chi connectivity index (χ3n) is 5.15. The van der Waals surface area contributed by atoms with Gasteiger partial charge in [0.15, 0.2) is 0 Å². The van der Waals surface area contributed by atoms with Crippen molar-refractivity contribution in [3.8, 4) is 0 Å². The van der Waals surface area contributed by atoms with Crippen molar-refractivity contribution in [1.29, 1.82) is 0 Å². The Kier molecular flexibility index (Phi) is 9.05. The van der Waals surface area contributed by atoms with Crippen molar-refractivity contribution in [2.75, 3.05) is 11.9 Å². The van der Waals surface area contributed by atoms with Gasteiger partial charge in [-0.25, -0.2) is 13.1 Å². The highest BCUT2D eigenvalue weighted by Crippen LogP contribution is 2.20. The highest BCUT2D eigenvalue weighted by Gasteiger charge is 2.24. The first-order valence-corrected chi connectivity index (χ1v) is 12.0. The van der Waals surface area contributed by atoms with E-state index in [-0.39, 0.29) is 29.0 Å². The lowest BCUT2D eigenvalue weighted by Crippen LogP contribution is -2.42. The molecule has 0 saturated carbocycles. The molecule has 3 N–H and O–H groups in total. The maximum Gasteiger partial charge on any atom is 0.240 e. The van der Waals surface area contributed by atoms with E-state index in [1.54, 1.807) is 0 Å². The number of hydrogen-bond donors (Lipinski definition) is 3. The van der Waals surface area contributed by atoms with E-state index < -0.39 is 16.1 Å². The summed E-state index contributed by atoms with van der Waals surface area (Å²) in [5.74, 6) is -0.437. The highest BCUT2D eigenvalue weighted by molar-refractivity contribution is 7.89. The molecule has 0 spiro atoms. The van der Waals surface area contributed by atoms with Gasteiger partial charge in [0.2, 0.25) is 21.8 Å². The Bertz CT molecular complexity index is 861. The minimum atomic E-state index is -3.78. The van der Waals surface area contributed by atoms with Crippen molar-refractivity contribution >= 4 is 27.5 Å². The molecule has 0 saturated heterocycles. The van der Waals surface area contributed by atoms with Crippen molar-refractivity contribution < 1.29 is 18.0 Å². The van der Waals surface area contributed by atoms with Gasteiger partial charge < -0.3 is 10.6 Å². The molecule has 0 fully saturated rings. The van der Waals surface area contributed by atoms with E-state index in [0.29, 0.717) is 12.2 Å². The molecular weight excluding hydrogens is 402 g/mol. The molecule has 1 atom stereocenters. The van der Waals surface area contributed by atoms with Crippen LogP contribution in [0.4, 0.5) is 5.69 Å². The van der Waals surface area contributed by atoms with Crippen LogP contribution in [0.2, 0.25) is 0 Å². The number of allylic oxidation sites excluding steroid dienone is 1. The Hall–Kier alpha value is -2.19. The second-order valence-corrected chi connectivity index (χ2v) is 9.80. The predicted molar refractivity (Wildman–Crippen MR) is 118 cm³/mol. The number of rotatable bonds is 10. The summed E-state index contributed by atoms with van der Waals surface area (Å²) in [6, 6.07) is 5.42. The molecule has 0 radical (unpaired) electrons. The normalized spacial score (nSPS) is 15.4. The van der Waals surface area contributed by atoms with Gasteiger partial charge in [-0.05, 0) is 62.3 Å². The lowest BCUT2D eigenvalue weighted by Gasteiger charge is -2.22. The SMILES string of the molecule is CC(=O)Nc1ccc(S(=O)(=O)N[C@H](CC(=O)NCCC2=CCCCC2)C(C)C)cc1. The fourth-order valence-corrected chi connectivity index (χ4v) is 4.75. The molecule has 0 aliphatic heterocycles. The molecule has 0 heterocycles. The second-order valence-electron chi connectivity index (χ2n) is 8.09. The fourth-order valence-electron chi connectivity index (χ4n) is 3.37. The molecule has 1 aromatic carbocycles. The van der Waals surface area contributed by atoms with Gasteiger partial charge in [-0.3, -0.25) is 9.59 Å². The minimum absolute atomic E-state index is 0.0507. The molecule has 0 bridgehead atoms. The van der Waals surface area contributed by atoms with Gasteiger partial charge >= 0.3 is 0 Å². The molecule has 1 aromatic rings. The summed E-state index contributed by atoms with van der Waals surface area (Å²) in [7, 11) is -3.78. The zero-order valence-electron chi connectivity index (χ0n) is 18.0. The third kappa shape index (κ3) is 7.91. The monoisotopic (exact) mass is 435 g/mol. The Morgan fingerprint density at radius 1 is 1.10 bits per heavy atom. The number of hydrogen-bond acceptors (Lipinski definition) is 4. The first-order valence-electron chi connectivity index (χ1n) is 10.5. The summed E-state index contributed by atoms with van der Waals surface area (Å²) in [5.41, 5.74) is 1.92. The Labute approximate surface area is 179 Å². The average molecular weight is 436 g/mol. The van der Waals surface area contributed by atoms with E-state index in [0.717, 1.165) is 19.3 Å². The largest absolute Gasteiger partial charge is 0.356 e. The summed E-state index contributed by atoms with van der Waals surface area (Å²) in [4.78, 5) is 23.6. The van der Waals surface area contributed by atoms with Gasteiger partial charge in [-0.1, -0.05) is 25.5 Å². The standard InChI is InChI=1S/C22H33N3O4S/c1-16(2)21(15-22(27)23-14-13-18-7-5-4-6-8-18)25-30(28,29)20-11-9-19(10-12-20)24-17(3)26/h7,9-12,16,21,25H,4-6,8,13-15H2,1-3H3,(H,23,27)(H,24,26)/t21-/m1/s1. The van der Waals surface area contributed by atoms with E-state index in [4.69, 9.17) is 0 Å². The van der Waals surface area contributed by atoms with Crippen LogP contribution < -0.4 is 15.4 Å². The summed E-state index contributed by atoms with van der Waals surface area (Å²) in [6.45, 7) is 5.73. The van der Waals surface area contributed by atoms with Crippen LogP contribution in [-0.2, 0) is 19.6 Å². The molecule has 30 heavy (non-hydrogen) atoms. The van der Waals surface area contributed by atoms with Gasteiger partial charge in [-0.15, -0.1) is 0 Å². The Morgan fingerprint density at radius 2 is 1.80 bits per heavy atom. The van der Waals surface area contributed by atoms with E-state index in [1.165, 1.54) is 49.6 Å². The lowest BCUT2D eigenvalue weighted by atomic mass is 9.97. The van der Waals surface area contributed by atoms with Crippen LogP contribution in [0.25, 0.3) is 0 Å². The molecular formula is C22H33N3O4S. The summed E-state index contributed by atoms with van der Waals surface area (Å²) >= 11 is 0. The quantitative estimate of drug-likeness (QED) is 0.490. The molecule has 1 aliphatic carbocycles. The molecule has 2 amide bonds. The van der Waals surface area contributed by atoms with E-state index in [1.807, 2.05) is 13.8 Å². The van der Waals surface area contributed by atoms with Crippen LogP contribution in [0.3, 0.4) is 0 Å². The van der Waals surface area contributed by atoms with E-state index in [9.17, 15) is 18.0 Å². The predicted octanol–water partition coefficient (Wildman–Crippen LogP) is 3.34. The number of anilines is 1. The van der Waals surface area contributed by atoms with E-state index in [2.05, 4.69) is 21.4 Å². The molecule has 2 rings (SSSR count). The van der Waals surface area contributed by atoms with Crippen LogP contribution in [0, 0.1) is 5.92 Å². The third-order valence-corrected chi connectivity index (χ3v) is 6.66. The first-order chi connectivity index (χ1) is 14.2. The number of benzene rings is 1. The van der Waals surface area contributed by atoms with Gasteiger partial charge in [-0.2, -0.15) is 0 Å². The van der Waals surface area contributed by atoms with Crippen LogP contribution >= 0.6 is 0 Å². The number of amides is 2. The van der Waals surface area contributed by atoms with Gasteiger partial charge in [0.1, 0.15) is 0 Å². The van der Waals surface area contributed by atoms with Crippen LogP contribution in [0.15, 0.2) is 40.8 Å². The van der Waals surface area contributed by atoms with Gasteiger partial charge in [0.05, 0.1) is 4.90 Å². The molecule has 166 valence electrons. The molecule has 0 aromatic heterocycles. The van der Waals surface area contributed by atoms with Crippen molar-refractivity contribution in [1.82, 2.24) is 10.0 Å². The second kappa shape index (κ2) is 11.3. The molecule has 0 unspecified atom stereocenters. The Morgan fingerprint density at radius 3 is 2.37 bits per heavy atom. The number of carbonyl (C=O) groups excluding carboxylic acids is 2. The van der Waals surface area contributed by atoms with Crippen LogP contribution in [0.1, 0.15) is 59.3 Å². The molecule has 8 heteroatoms. The number of nitrogens with one attached hydrogen (secondary N) is 3. The van der Waals surface area contributed by atoms with Crippen molar-refractivity contribution in [3.05, 3.63) is 35.9 Å². The summed E-state index contributed by atoms with van der Waals surface area (Å²) in [5, 5.41) is 5.51. The van der Waals surface area contributed by atoms with Gasteiger partial charge in [0, 0.05) is 31.6 Å². The van der Waals surface area contributed by atoms with E-state index >= 15 is 0 Å². The Balaban J connectivity index is 1.92. The maximum absolute atomic E-state index is 12.7. The fraction of sp³-hybridized carbons (Fsp3) is 0.545. The number of carbonyl (C=O) groups is 2.